The van der Waals surface area contributed by atoms with Crippen LogP contribution in [0.3, 0.4) is 0 Å². The van der Waals surface area contributed by atoms with E-state index >= 15 is 0 Å². The molecule has 0 unspecified atom stereocenters. The normalized spacial score (nSPS) is 12.9. The lowest BCUT2D eigenvalue weighted by Crippen LogP contribution is -2.31. The number of carbonyl (C=O) groups excluding carboxylic acids is 1. The second-order valence-electron chi connectivity index (χ2n) is 1.35. The van der Waals surface area contributed by atoms with Crippen molar-refractivity contribution in [1.82, 2.24) is 5.48 Å². The molecule has 0 aliphatic heterocycles. The second kappa shape index (κ2) is 3.40. The number of aliphatic hydroxyl groups is 1. The van der Waals surface area contributed by atoms with Crippen LogP contribution in [-0.2, 0) is 9.63 Å². The van der Waals surface area contributed by atoms with E-state index in [1.807, 2.05) is 5.48 Å². The van der Waals surface area contributed by atoms with Gasteiger partial charge in [0.05, 0.1) is 7.11 Å². The molecule has 0 saturated heterocycles. The summed E-state index contributed by atoms with van der Waals surface area (Å²) in [4.78, 5) is 14.5. The summed E-state index contributed by atoms with van der Waals surface area (Å²) in [6.07, 6.45) is -1.00. The van der Waals surface area contributed by atoms with Gasteiger partial charge in [-0.25, -0.2) is 5.48 Å². The lowest BCUT2D eigenvalue weighted by atomic mass is 10.4. The Balaban J connectivity index is 3.33. The highest BCUT2D eigenvalue weighted by Gasteiger charge is 2.05. The molecule has 0 heterocycles. The average molecular weight is 119 g/mol. The quantitative estimate of drug-likeness (QED) is 0.460. The van der Waals surface area contributed by atoms with E-state index in [-0.39, 0.29) is 0 Å². The Bertz CT molecular complexity index is 81.4. The summed E-state index contributed by atoms with van der Waals surface area (Å²) in [7, 11) is 1.31. The van der Waals surface area contributed by atoms with Crippen molar-refractivity contribution < 1.29 is 14.7 Å². The molecule has 0 saturated carbocycles. The molecule has 8 heavy (non-hydrogen) atoms. The first-order valence-electron chi connectivity index (χ1n) is 2.19. The third kappa shape index (κ3) is 2.54. The van der Waals surface area contributed by atoms with Crippen molar-refractivity contribution in [3.05, 3.63) is 0 Å². The zero-order valence-corrected chi connectivity index (χ0v) is 4.84. The van der Waals surface area contributed by atoms with Gasteiger partial charge in [0.1, 0.15) is 6.10 Å². The van der Waals surface area contributed by atoms with Crippen LogP contribution in [0.5, 0.6) is 0 Å². The molecule has 0 aromatic rings. The fraction of sp³-hybridized carbons (Fsp3) is 0.750. The van der Waals surface area contributed by atoms with E-state index in [1.54, 1.807) is 0 Å². The van der Waals surface area contributed by atoms with Gasteiger partial charge in [0.25, 0.3) is 5.91 Å². The fourth-order valence-electron chi connectivity index (χ4n) is 0.186. The zero-order chi connectivity index (χ0) is 6.57. The summed E-state index contributed by atoms with van der Waals surface area (Å²) in [5.41, 5.74) is 1.96. The fourth-order valence-corrected chi connectivity index (χ4v) is 0.186. The molecule has 1 atom stereocenters. The smallest absolute Gasteiger partial charge is 0.272 e. The molecule has 0 radical (unpaired) electrons. The van der Waals surface area contributed by atoms with Gasteiger partial charge in [-0.3, -0.25) is 9.63 Å². The number of aliphatic hydroxyl groups excluding tert-OH is 1. The van der Waals surface area contributed by atoms with Crippen LogP contribution >= 0.6 is 0 Å². The van der Waals surface area contributed by atoms with E-state index in [2.05, 4.69) is 4.84 Å². The monoisotopic (exact) mass is 119 g/mol. The summed E-state index contributed by atoms with van der Waals surface area (Å²) in [6, 6.07) is 0. The number of hydrogen-bond donors (Lipinski definition) is 2. The largest absolute Gasteiger partial charge is 0.383 e. The lowest BCUT2D eigenvalue weighted by Gasteiger charge is -2.01. The van der Waals surface area contributed by atoms with Gasteiger partial charge in [0.2, 0.25) is 0 Å². The summed E-state index contributed by atoms with van der Waals surface area (Å²) >= 11 is 0. The highest BCUT2D eigenvalue weighted by molar-refractivity contribution is 5.78. The molecule has 0 rings (SSSR count). The van der Waals surface area contributed by atoms with Crippen molar-refractivity contribution in [1.29, 1.82) is 0 Å². The minimum atomic E-state index is -1.00. The van der Waals surface area contributed by atoms with Gasteiger partial charge in [-0.15, -0.1) is 0 Å². The molecule has 0 aromatic heterocycles. The molecule has 48 valence electrons. The molecule has 0 aliphatic rings. The SMILES string of the molecule is CONC(=O)[C@@H](C)O. The van der Waals surface area contributed by atoms with Crippen molar-refractivity contribution in [2.75, 3.05) is 7.11 Å². The third-order valence-corrected chi connectivity index (χ3v) is 0.582. The maximum Gasteiger partial charge on any atom is 0.272 e. The van der Waals surface area contributed by atoms with Crippen LogP contribution in [0.15, 0.2) is 0 Å². The predicted molar refractivity (Wildman–Crippen MR) is 26.8 cm³/mol. The van der Waals surface area contributed by atoms with Crippen molar-refractivity contribution >= 4 is 5.91 Å². The first-order valence-corrected chi connectivity index (χ1v) is 2.19. The van der Waals surface area contributed by atoms with Crippen molar-refractivity contribution in [2.45, 2.75) is 13.0 Å². The Labute approximate surface area is 47.4 Å². The van der Waals surface area contributed by atoms with Crippen molar-refractivity contribution in [3.8, 4) is 0 Å². The van der Waals surface area contributed by atoms with E-state index in [4.69, 9.17) is 5.11 Å². The van der Waals surface area contributed by atoms with E-state index in [9.17, 15) is 4.79 Å². The van der Waals surface area contributed by atoms with Crippen LogP contribution in [0.25, 0.3) is 0 Å². The first-order chi connectivity index (χ1) is 3.68. The van der Waals surface area contributed by atoms with E-state index in [0.717, 1.165) is 0 Å². The number of nitrogens with one attached hydrogen (secondary N) is 1. The van der Waals surface area contributed by atoms with E-state index in [0.29, 0.717) is 0 Å². The van der Waals surface area contributed by atoms with Gasteiger partial charge in [-0.05, 0) is 6.92 Å². The molecule has 0 fully saturated rings. The van der Waals surface area contributed by atoms with Crippen molar-refractivity contribution in [2.24, 2.45) is 0 Å². The third-order valence-electron chi connectivity index (χ3n) is 0.582. The van der Waals surface area contributed by atoms with E-state index < -0.39 is 12.0 Å². The number of hydrogen-bond acceptors (Lipinski definition) is 3. The van der Waals surface area contributed by atoms with Gasteiger partial charge < -0.3 is 5.11 Å². The van der Waals surface area contributed by atoms with Gasteiger partial charge >= 0.3 is 0 Å². The molecule has 0 aliphatic carbocycles. The minimum Gasteiger partial charge on any atom is -0.383 e. The molecule has 4 nitrogen and oxygen atoms in total. The Morgan fingerprint density at radius 1 is 1.88 bits per heavy atom. The van der Waals surface area contributed by atoms with Crippen LogP contribution < -0.4 is 5.48 Å². The van der Waals surface area contributed by atoms with Gasteiger partial charge in [-0.2, -0.15) is 0 Å². The van der Waals surface area contributed by atoms with Crippen LogP contribution in [0, 0.1) is 0 Å². The molecule has 4 heteroatoms. The van der Waals surface area contributed by atoms with Gasteiger partial charge in [0, 0.05) is 0 Å². The molecule has 2 N–H and O–H groups in total. The number of carbonyl (C=O) groups is 1. The summed E-state index contributed by atoms with van der Waals surface area (Å²) < 4.78 is 0. The molecule has 0 aromatic carbocycles. The molecule has 0 spiro atoms. The van der Waals surface area contributed by atoms with Crippen LogP contribution in [0.4, 0.5) is 0 Å². The number of rotatable bonds is 2. The first kappa shape index (κ1) is 7.39. The summed E-state index contributed by atoms with van der Waals surface area (Å²) in [5.74, 6) is -0.535. The van der Waals surface area contributed by atoms with Crippen LogP contribution in [0.1, 0.15) is 6.92 Å². The topological polar surface area (TPSA) is 58.6 Å². The minimum absolute atomic E-state index is 0.535. The highest BCUT2D eigenvalue weighted by Crippen LogP contribution is 1.76. The maximum absolute atomic E-state index is 10.3. The summed E-state index contributed by atoms with van der Waals surface area (Å²) in [5, 5.41) is 8.46. The second-order valence-corrected chi connectivity index (χ2v) is 1.35. The molecule has 0 bridgehead atoms. The average Bonchev–Trinajstić information content (AvgIpc) is 1.67. The lowest BCUT2D eigenvalue weighted by molar-refractivity contribution is -0.139. The Kier molecular flexibility index (Phi) is 3.14. The van der Waals surface area contributed by atoms with Crippen LogP contribution in [-0.4, -0.2) is 24.2 Å². The Morgan fingerprint density at radius 3 is 2.50 bits per heavy atom. The molecular formula is C4H9NO3. The number of amides is 1. The predicted octanol–water partition coefficient (Wildman–Crippen LogP) is -0.955. The summed E-state index contributed by atoms with van der Waals surface area (Å²) in [6.45, 7) is 1.36. The van der Waals surface area contributed by atoms with Crippen molar-refractivity contribution in [3.63, 3.8) is 0 Å². The van der Waals surface area contributed by atoms with Crippen LogP contribution in [0.2, 0.25) is 0 Å². The van der Waals surface area contributed by atoms with Gasteiger partial charge in [-0.1, -0.05) is 0 Å². The maximum atomic E-state index is 10.3. The molecule has 1 amide bonds. The molecular weight excluding hydrogens is 110 g/mol. The Hall–Kier alpha value is -0.610. The standard InChI is InChI=1S/C4H9NO3/c1-3(6)4(7)5-8-2/h3,6H,1-2H3,(H,5,7)/t3-/m1/s1. The zero-order valence-electron chi connectivity index (χ0n) is 4.84. The highest BCUT2D eigenvalue weighted by atomic mass is 16.6. The van der Waals surface area contributed by atoms with Gasteiger partial charge in [0.15, 0.2) is 0 Å². The number of hydroxylamine groups is 1. The van der Waals surface area contributed by atoms with E-state index in [1.165, 1.54) is 14.0 Å². The Morgan fingerprint density at radius 2 is 2.38 bits per heavy atom.